The number of aliphatic hydroxyl groups excluding tert-OH is 2. The smallest absolute Gasteiger partial charge is 0.248 e. The van der Waals surface area contributed by atoms with E-state index in [0.29, 0.717) is 0 Å². The molecule has 0 bridgehead atoms. The lowest BCUT2D eigenvalue weighted by Gasteiger charge is -2.12. The van der Waals surface area contributed by atoms with E-state index in [9.17, 15) is 4.79 Å². The molecule has 60 valence electrons. The van der Waals surface area contributed by atoms with Gasteiger partial charge in [0.05, 0.1) is 6.10 Å². The van der Waals surface area contributed by atoms with Crippen LogP contribution in [0.4, 0.5) is 0 Å². The number of hydrogen-bond donors (Lipinski definition) is 4. The molecule has 0 aromatic rings. The molecule has 0 radical (unpaired) electrons. The molecule has 0 heterocycles. The second-order valence-electron chi connectivity index (χ2n) is 1.99. The predicted octanol–water partition coefficient (Wildman–Crippen LogP) is -2.46. The van der Waals surface area contributed by atoms with Crippen molar-refractivity contribution >= 4 is 5.91 Å². The lowest BCUT2D eigenvalue weighted by molar-refractivity contribution is -0.131. The summed E-state index contributed by atoms with van der Waals surface area (Å²) in [4.78, 5) is 10.2. The molecule has 6 N–H and O–H groups in total. The van der Waals surface area contributed by atoms with Crippen LogP contribution in [0.25, 0.3) is 0 Å². The van der Waals surface area contributed by atoms with E-state index in [1.807, 2.05) is 0 Å². The lowest BCUT2D eigenvalue weighted by Crippen LogP contribution is -2.39. The monoisotopic (exact) mass is 148 g/mol. The van der Waals surface area contributed by atoms with Crippen molar-refractivity contribution in [2.24, 2.45) is 11.5 Å². The van der Waals surface area contributed by atoms with Crippen LogP contribution in [-0.2, 0) is 4.79 Å². The molecule has 0 aromatic heterocycles. The summed E-state index contributed by atoms with van der Waals surface area (Å²) in [6.45, 7) is 0.214. The van der Waals surface area contributed by atoms with Crippen molar-refractivity contribution in [3.63, 3.8) is 0 Å². The van der Waals surface area contributed by atoms with E-state index in [1.54, 1.807) is 0 Å². The van der Waals surface area contributed by atoms with Crippen LogP contribution in [0.15, 0.2) is 0 Å². The molecular formula is C5H12N2O3. The molecular weight excluding hydrogens is 136 g/mol. The Labute approximate surface area is 58.6 Å². The summed E-state index contributed by atoms with van der Waals surface area (Å²) in [6.07, 6.45) is -2.46. The molecule has 0 saturated carbocycles. The fraction of sp³-hybridized carbons (Fsp3) is 0.800. The van der Waals surface area contributed by atoms with E-state index in [-0.39, 0.29) is 13.0 Å². The Hall–Kier alpha value is -0.650. The third-order valence-electron chi connectivity index (χ3n) is 1.12. The van der Waals surface area contributed by atoms with E-state index in [1.165, 1.54) is 0 Å². The maximum Gasteiger partial charge on any atom is 0.248 e. The van der Waals surface area contributed by atoms with Gasteiger partial charge in [-0.15, -0.1) is 0 Å². The Kier molecular flexibility index (Phi) is 3.94. The van der Waals surface area contributed by atoms with E-state index in [2.05, 4.69) is 5.73 Å². The molecule has 5 heteroatoms. The van der Waals surface area contributed by atoms with Crippen LogP contribution in [0.3, 0.4) is 0 Å². The van der Waals surface area contributed by atoms with E-state index >= 15 is 0 Å². The topological polar surface area (TPSA) is 110 Å². The van der Waals surface area contributed by atoms with Gasteiger partial charge in [0.1, 0.15) is 0 Å². The van der Waals surface area contributed by atoms with Gasteiger partial charge in [-0.1, -0.05) is 0 Å². The number of primary amides is 1. The number of rotatable bonds is 4. The molecule has 2 unspecified atom stereocenters. The molecule has 0 spiro atoms. The zero-order valence-corrected chi connectivity index (χ0v) is 5.53. The summed E-state index contributed by atoms with van der Waals surface area (Å²) in [7, 11) is 0. The minimum atomic E-state index is -1.50. The number of amides is 1. The summed E-state index contributed by atoms with van der Waals surface area (Å²) < 4.78 is 0. The van der Waals surface area contributed by atoms with E-state index < -0.39 is 18.1 Å². The van der Waals surface area contributed by atoms with Crippen LogP contribution in [0.2, 0.25) is 0 Å². The van der Waals surface area contributed by atoms with Gasteiger partial charge in [0, 0.05) is 0 Å². The average Bonchev–Trinajstić information content (AvgIpc) is 1.87. The van der Waals surface area contributed by atoms with E-state index in [0.717, 1.165) is 0 Å². The molecule has 1 amide bonds. The van der Waals surface area contributed by atoms with Gasteiger partial charge in [0.15, 0.2) is 6.10 Å². The normalized spacial score (nSPS) is 16.3. The number of aliphatic hydroxyl groups is 2. The molecule has 0 saturated heterocycles. The maximum atomic E-state index is 10.2. The Bertz CT molecular complexity index is 117. The zero-order valence-electron chi connectivity index (χ0n) is 5.53. The van der Waals surface area contributed by atoms with Crippen LogP contribution in [0.5, 0.6) is 0 Å². The SMILES string of the molecule is NCCC(O)C(O)C(N)=O. The quantitative estimate of drug-likeness (QED) is 0.354. The first-order chi connectivity index (χ1) is 4.59. The highest BCUT2D eigenvalue weighted by Gasteiger charge is 2.20. The van der Waals surface area contributed by atoms with Crippen molar-refractivity contribution in [2.45, 2.75) is 18.6 Å². The van der Waals surface area contributed by atoms with Crippen molar-refractivity contribution in [1.82, 2.24) is 0 Å². The van der Waals surface area contributed by atoms with Crippen LogP contribution in [-0.4, -0.2) is 34.9 Å². The summed E-state index contributed by atoms with van der Waals surface area (Å²) >= 11 is 0. The number of carbonyl (C=O) groups is 1. The largest absolute Gasteiger partial charge is 0.390 e. The van der Waals surface area contributed by atoms with Crippen LogP contribution >= 0.6 is 0 Å². The maximum absolute atomic E-state index is 10.2. The van der Waals surface area contributed by atoms with Crippen molar-refractivity contribution in [2.75, 3.05) is 6.54 Å². The Morgan fingerprint density at radius 3 is 2.30 bits per heavy atom. The fourth-order valence-electron chi connectivity index (χ4n) is 0.518. The predicted molar refractivity (Wildman–Crippen MR) is 34.9 cm³/mol. The third-order valence-corrected chi connectivity index (χ3v) is 1.12. The van der Waals surface area contributed by atoms with Gasteiger partial charge in [-0.3, -0.25) is 4.79 Å². The van der Waals surface area contributed by atoms with E-state index in [4.69, 9.17) is 15.9 Å². The zero-order chi connectivity index (χ0) is 8.15. The highest BCUT2D eigenvalue weighted by atomic mass is 16.3. The molecule has 2 atom stereocenters. The minimum absolute atomic E-state index is 0.171. The van der Waals surface area contributed by atoms with Crippen molar-refractivity contribution < 1.29 is 15.0 Å². The van der Waals surface area contributed by atoms with Gasteiger partial charge in [0.25, 0.3) is 0 Å². The molecule has 0 aromatic carbocycles. The second kappa shape index (κ2) is 4.21. The van der Waals surface area contributed by atoms with Gasteiger partial charge >= 0.3 is 0 Å². The summed E-state index contributed by atoms with van der Waals surface area (Å²) in [5, 5.41) is 17.6. The Morgan fingerprint density at radius 1 is 1.50 bits per heavy atom. The second-order valence-corrected chi connectivity index (χ2v) is 1.99. The molecule has 0 aliphatic rings. The molecule has 5 nitrogen and oxygen atoms in total. The highest BCUT2D eigenvalue weighted by molar-refractivity contribution is 5.79. The van der Waals surface area contributed by atoms with Gasteiger partial charge in [0.2, 0.25) is 5.91 Å². The van der Waals surface area contributed by atoms with Crippen molar-refractivity contribution in [1.29, 1.82) is 0 Å². The molecule has 0 fully saturated rings. The highest BCUT2D eigenvalue weighted by Crippen LogP contribution is 1.95. The minimum Gasteiger partial charge on any atom is -0.390 e. The first-order valence-corrected chi connectivity index (χ1v) is 2.95. The van der Waals surface area contributed by atoms with Crippen molar-refractivity contribution in [3.8, 4) is 0 Å². The third kappa shape index (κ3) is 2.77. The molecule has 10 heavy (non-hydrogen) atoms. The number of nitrogens with two attached hydrogens (primary N) is 2. The lowest BCUT2D eigenvalue weighted by atomic mass is 10.1. The number of carbonyl (C=O) groups excluding carboxylic acids is 1. The summed E-state index contributed by atoms with van der Waals surface area (Å²) in [5.41, 5.74) is 9.72. The van der Waals surface area contributed by atoms with Crippen LogP contribution in [0, 0.1) is 0 Å². The first kappa shape index (κ1) is 9.35. The Balaban J connectivity index is 3.69. The molecule has 0 rings (SSSR count). The van der Waals surface area contributed by atoms with Crippen LogP contribution in [0.1, 0.15) is 6.42 Å². The van der Waals surface area contributed by atoms with Crippen LogP contribution < -0.4 is 11.5 Å². The van der Waals surface area contributed by atoms with Gasteiger partial charge in [-0.2, -0.15) is 0 Å². The average molecular weight is 148 g/mol. The van der Waals surface area contributed by atoms with Gasteiger partial charge in [-0.05, 0) is 13.0 Å². The number of hydrogen-bond acceptors (Lipinski definition) is 4. The Morgan fingerprint density at radius 2 is 2.00 bits per heavy atom. The van der Waals surface area contributed by atoms with Gasteiger partial charge in [-0.25, -0.2) is 0 Å². The molecule has 0 aliphatic carbocycles. The standard InChI is InChI=1S/C5H12N2O3/c6-2-1-3(8)4(9)5(7)10/h3-4,8-9H,1-2,6H2,(H2,7,10). The van der Waals surface area contributed by atoms with Gasteiger partial charge < -0.3 is 21.7 Å². The van der Waals surface area contributed by atoms with Crippen molar-refractivity contribution in [3.05, 3.63) is 0 Å². The fourth-order valence-corrected chi connectivity index (χ4v) is 0.518. The summed E-state index contributed by atoms with van der Waals surface area (Å²) in [5.74, 6) is -0.930. The summed E-state index contributed by atoms with van der Waals surface area (Å²) in [6, 6.07) is 0. The first-order valence-electron chi connectivity index (χ1n) is 2.95. The molecule has 0 aliphatic heterocycles.